The Kier molecular flexibility index (Phi) is 4.14. The first-order valence-corrected chi connectivity index (χ1v) is 7.50. The molecule has 20 heavy (non-hydrogen) atoms. The van der Waals surface area contributed by atoms with Crippen molar-refractivity contribution in [2.75, 3.05) is 4.72 Å². The molecule has 2 rings (SSSR count). The van der Waals surface area contributed by atoms with Crippen LogP contribution >= 0.6 is 23.2 Å². The summed E-state index contributed by atoms with van der Waals surface area (Å²) in [5.74, 6) is 0. The molecule has 0 atom stereocenters. The molecule has 5 nitrogen and oxygen atoms in total. The molecule has 1 N–H and O–H groups in total. The number of benzene rings is 1. The lowest BCUT2D eigenvalue weighted by Gasteiger charge is -2.09. The van der Waals surface area contributed by atoms with Gasteiger partial charge in [0, 0.05) is 11.2 Å². The van der Waals surface area contributed by atoms with Crippen LogP contribution in [0.5, 0.6) is 0 Å². The highest BCUT2D eigenvalue weighted by Gasteiger charge is 2.17. The molecule has 1 aromatic carbocycles. The number of pyridine rings is 1. The predicted octanol–water partition coefficient (Wildman–Crippen LogP) is 3.06. The van der Waals surface area contributed by atoms with Crippen LogP contribution in [0.3, 0.4) is 0 Å². The summed E-state index contributed by atoms with van der Waals surface area (Å²) in [7, 11) is -3.87. The Bertz CT molecular complexity index is 801. The number of aromatic nitrogens is 1. The molecular weight excluding hydrogens is 321 g/mol. The van der Waals surface area contributed by atoms with E-state index in [0.717, 1.165) is 0 Å². The zero-order chi connectivity index (χ0) is 14.8. The van der Waals surface area contributed by atoms with Gasteiger partial charge in [0.05, 0.1) is 16.1 Å². The molecule has 0 bridgehead atoms. The summed E-state index contributed by atoms with van der Waals surface area (Å²) in [5, 5.41) is 9.33. The lowest BCUT2D eigenvalue weighted by Crippen LogP contribution is -2.14. The minimum Gasteiger partial charge on any atom is -0.278 e. The number of hydrogen-bond donors (Lipinski definition) is 1. The van der Waals surface area contributed by atoms with Gasteiger partial charge in [-0.15, -0.1) is 0 Å². The van der Waals surface area contributed by atoms with Crippen molar-refractivity contribution in [1.82, 2.24) is 4.98 Å². The largest absolute Gasteiger partial charge is 0.278 e. The van der Waals surface area contributed by atoms with Crippen LogP contribution < -0.4 is 4.72 Å². The Morgan fingerprint density at radius 3 is 2.60 bits per heavy atom. The highest BCUT2D eigenvalue weighted by molar-refractivity contribution is 7.92. The Labute approximate surface area is 125 Å². The molecule has 0 fully saturated rings. The molecule has 0 unspecified atom stereocenters. The van der Waals surface area contributed by atoms with Gasteiger partial charge in [0.15, 0.2) is 0 Å². The molecule has 8 heteroatoms. The summed E-state index contributed by atoms with van der Waals surface area (Å²) in [6.45, 7) is 0. The first kappa shape index (κ1) is 14.6. The fourth-order valence-electron chi connectivity index (χ4n) is 1.45. The van der Waals surface area contributed by atoms with Gasteiger partial charge in [-0.1, -0.05) is 23.2 Å². The van der Waals surface area contributed by atoms with E-state index in [1.807, 2.05) is 6.07 Å². The third kappa shape index (κ3) is 3.20. The average Bonchev–Trinajstić information content (AvgIpc) is 2.38. The van der Waals surface area contributed by atoms with E-state index >= 15 is 0 Å². The zero-order valence-electron chi connectivity index (χ0n) is 9.84. The van der Waals surface area contributed by atoms with Crippen LogP contribution in [0.15, 0.2) is 41.4 Å². The Morgan fingerprint density at radius 1 is 1.20 bits per heavy atom. The van der Waals surface area contributed by atoms with E-state index in [2.05, 4.69) is 9.71 Å². The number of rotatable bonds is 3. The molecule has 0 spiro atoms. The van der Waals surface area contributed by atoms with Crippen molar-refractivity contribution in [3.8, 4) is 6.07 Å². The minimum absolute atomic E-state index is 0.0543. The molecule has 0 aliphatic heterocycles. The molecular formula is C12H7Cl2N3O2S. The van der Waals surface area contributed by atoms with Gasteiger partial charge in [0.25, 0.3) is 10.0 Å². The highest BCUT2D eigenvalue weighted by atomic mass is 35.5. The van der Waals surface area contributed by atoms with Crippen molar-refractivity contribution in [2.24, 2.45) is 0 Å². The number of nitriles is 1. The van der Waals surface area contributed by atoms with Gasteiger partial charge in [-0.2, -0.15) is 5.26 Å². The first-order chi connectivity index (χ1) is 9.42. The van der Waals surface area contributed by atoms with Gasteiger partial charge >= 0.3 is 0 Å². The molecule has 0 amide bonds. The van der Waals surface area contributed by atoms with Crippen LogP contribution in [-0.4, -0.2) is 13.4 Å². The van der Waals surface area contributed by atoms with E-state index in [0.29, 0.717) is 5.02 Å². The summed E-state index contributed by atoms with van der Waals surface area (Å²) < 4.78 is 26.7. The second-order valence-corrected chi connectivity index (χ2v) is 6.23. The summed E-state index contributed by atoms with van der Waals surface area (Å²) in [6.07, 6.45) is 1.28. The van der Waals surface area contributed by atoms with Gasteiger partial charge < -0.3 is 0 Å². The second-order valence-electron chi connectivity index (χ2n) is 3.72. The number of halogens is 2. The molecule has 102 valence electrons. The van der Waals surface area contributed by atoms with E-state index in [1.165, 1.54) is 36.5 Å². The Balaban J connectivity index is 2.44. The third-order valence-electron chi connectivity index (χ3n) is 2.35. The van der Waals surface area contributed by atoms with Crippen LogP contribution in [-0.2, 0) is 10.0 Å². The van der Waals surface area contributed by atoms with Crippen molar-refractivity contribution in [3.05, 3.63) is 52.3 Å². The quantitative estimate of drug-likeness (QED) is 0.878. The number of hydrogen-bond acceptors (Lipinski definition) is 4. The summed E-state index contributed by atoms with van der Waals surface area (Å²) in [5.41, 5.74) is 0.270. The average molecular weight is 328 g/mol. The van der Waals surface area contributed by atoms with Crippen LogP contribution in [0.4, 0.5) is 5.69 Å². The van der Waals surface area contributed by atoms with Crippen molar-refractivity contribution >= 4 is 38.9 Å². The highest BCUT2D eigenvalue weighted by Crippen LogP contribution is 2.24. The van der Waals surface area contributed by atoms with E-state index in [-0.39, 0.29) is 21.3 Å². The van der Waals surface area contributed by atoms with E-state index in [1.54, 1.807) is 0 Å². The second kappa shape index (κ2) is 5.67. The van der Waals surface area contributed by atoms with Crippen LogP contribution in [0.1, 0.15) is 5.56 Å². The maximum atomic E-state index is 12.2. The predicted molar refractivity (Wildman–Crippen MR) is 76.2 cm³/mol. The standard InChI is InChI=1S/C12H7Cl2N3O2S/c13-9-2-1-8(7-15)11(5-9)17-20(18,19)10-3-4-16-12(14)6-10/h1-6,17H. The topological polar surface area (TPSA) is 82.9 Å². The fraction of sp³-hybridized carbons (Fsp3) is 0. The van der Waals surface area contributed by atoms with Crippen molar-refractivity contribution in [3.63, 3.8) is 0 Å². The van der Waals surface area contributed by atoms with E-state index < -0.39 is 10.0 Å². The van der Waals surface area contributed by atoms with Gasteiger partial charge in [-0.05, 0) is 30.3 Å². The van der Waals surface area contributed by atoms with Crippen molar-refractivity contribution in [1.29, 1.82) is 5.26 Å². The first-order valence-electron chi connectivity index (χ1n) is 5.26. The molecule has 0 saturated carbocycles. The van der Waals surface area contributed by atoms with Crippen LogP contribution in [0.2, 0.25) is 10.2 Å². The molecule has 2 aromatic rings. The third-order valence-corrected chi connectivity index (χ3v) is 4.16. The van der Waals surface area contributed by atoms with E-state index in [9.17, 15) is 8.42 Å². The minimum atomic E-state index is -3.87. The fourth-order valence-corrected chi connectivity index (χ4v) is 2.95. The van der Waals surface area contributed by atoms with Crippen molar-refractivity contribution < 1.29 is 8.42 Å². The molecule has 0 aliphatic rings. The Hall–Kier alpha value is -1.81. The van der Waals surface area contributed by atoms with Crippen LogP contribution in [0.25, 0.3) is 0 Å². The smallest absolute Gasteiger partial charge is 0.262 e. The van der Waals surface area contributed by atoms with Gasteiger partial charge in [0.1, 0.15) is 11.2 Å². The maximum absolute atomic E-state index is 12.2. The summed E-state index contributed by atoms with van der Waals surface area (Å²) in [6, 6.07) is 8.68. The molecule has 1 aromatic heterocycles. The summed E-state index contributed by atoms with van der Waals surface area (Å²) >= 11 is 11.5. The molecule has 0 radical (unpaired) electrons. The number of nitrogens with one attached hydrogen (secondary N) is 1. The lowest BCUT2D eigenvalue weighted by atomic mass is 10.2. The van der Waals surface area contributed by atoms with Gasteiger partial charge in [0.2, 0.25) is 0 Å². The molecule has 1 heterocycles. The summed E-state index contributed by atoms with van der Waals surface area (Å²) in [4.78, 5) is 3.65. The van der Waals surface area contributed by atoms with Crippen LogP contribution in [0, 0.1) is 11.3 Å². The normalized spacial score (nSPS) is 10.8. The number of nitrogens with zero attached hydrogens (tertiary/aromatic N) is 2. The van der Waals surface area contributed by atoms with Crippen molar-refractivity contribution in [2.45, 2.75) is 4.90 Å². The Morgan fingerprint density at radius 2 is 1.95 bits per heavy atom. The monoisotopic (exact) mass is 327 g/mol. The van der Waals surface area contributed by atoms with Gasteiger partial charge in [-0.25, -0.2) is 13.4 Å². The number of anilines is 1. The molecule has 0 saturated heterocycles. The molecule has 0 aliphatic carbocycles. The van der Waals surface area contributed by atoms with E-state index in [4.69, 9.17) is 28.5 Å². The number of sulfonamides is 1. The van der Waals surface area contributed by atoms with Gasteiger partial charge in [-0.3, -0.25) is 4.72 Å². The lowest BCUT2D eigenvalue weighted by molar-refractivity contribution is 0.601. The maximum Gasteiger partial charge on any atom is 0.262 e. The zero-order valence-corrected chi connectivity index (χ0v) is 12.2. The SMILES string of the molecule is N#Cc1ccc(Cl)cc1NS(=O)(=O)c1ccnc(Cl)c1.